The number of amidine groups is 1. The molecule has 3 nitrogen and oxygen atoms in total. The van der Waals surface area contributed by atoms with Gasteiger partial charge in [0.15, 0.2) is 0 Å². The van der Waals surface area contributed by atoms with Crippen LogP contribution in [0.2, 0.25) is 0 Å². The van der Waals surface area contributed by atoms with E-state index in [1.165, 1.54) is 55.0 Å². The molecule has 4 aromatic carbocycles. The summed E-state index contributed by atoms with van der Waals surface area (Å²) in [7, 11) is 0. The van der Waals surface area contributed by atoms with E-state index in [9.17, 15) is 0 Å². The predicted molar refractivity (Wildman–Crippen MR) is 248 cm³/mol. The molecule has 4 N–H and O–H groups in total. The van der Waals surface area contributed by atoms with Crippen LogP contribution in [0, 0.1) is 12.3 Å². The van der Waals surface area contributed by atoms with Crippen LogP contribution in [-0.4, -0.2) is 18.6 Å². The van der Waals surface area contributed by atoms with Crippen molar-refractivity contribution in [1.29, 1.82) is 5.41 Å². The maximum absolute atomic E-state index is 7.50. The zero-order valence-corrected chi connectivity index (χ0v) is 35.9. The first-order valence-corrected chi connectivity index (χ1v) is 21.1. The van der Waals surface area contributed by atoms with Crippen molar-refractivity contribution in [1.82, 2.24) is 5.32 Å². The SMILES string of the molecule is C=C(/C=C\C(=C/C)c1ccc2c(c1)C1=C(C=CCC=C1)C2C)CNCc1ccccc1.CC.CC.CC.CSc1cccc(-c2cccc(C(=N)N)c2)c1C. The fraction of sp³-hybridized carbons (Fsp3) is 0.275. The van der Waals surface area contributed by atoms with E-state index in [0.29, 0.717) is 5.92 Å². The number of benzene rings is 4. The molecule has 0 amide bonds. The lowest BCUT2D eigenvalue weighted by Crippen LogP contribution is -2.15. The summed E-state index contributed by atoms with van der Waals surface area (Å²) in [6.45, 7) is 24.4. The quantitative estimate of drug-likeness (QED) is 0.0654. The summed E-state index contributed by atoms with van der Waals surface area (Å²) in [6.07, 6.45) is 18.7. The number of fused-ring (bicyclic) bond motifs is 2. The Balaban J connectivity index is 0.000000371. The molecule has 0 bridgehead atoms. The van der Waals surface area contributed by atoms with Crippen LogP contribution < -0.4 is 11.1 Å². The topological polar surface area (TPSA) is 61.9 Å². The Hall–Kier alpha value is -4.90. The largest absolute Gasteiger partial charge is 0.384 e. The van der Waals surface area contributed by atoms with Crippen molar-refractivity contribution in [3.63, 3.8) is 0 Å². The predicted octanol–water partition coefficient (Wildman–Crippen LogP) is 14.1. The smallest absolute Gasteiger partial charge is 0.122 e. The molecule has 2 aliphatic carbocycles. The molecule has 0 aliphatic heterocycles. The molecular formula is C51H65N3S. The van der Waals surface area contributed by atoms with E-state index < -0.39 is 0 Å². The van der Waals surface area contributed by atoms with Crippen molar-refractivity contribution >= 4 is 28.7 Å². The molecule has 2 aliphatic rings. The van der Waals surface area contributed by atoms with Crippen LogP contribution in [-0.2, 0) is 6.54 Å². The molecule has 4 heteroatoms. The van der Waals surface area contributed by atoms with Gasteiger partial charge in [-0.05, 0) is 106 Å². The first kappa shape index (κ1) is 46.3. The van der Waals surface area contributed by atoms with Gasteiger partial charge in [-0.3, -0.25) is 5.41 Å². The number of nitrogens with two attached hydrogens (primary N) is 1. The molecule has 0 saturated carbocycles. The highest BCUT2D eigenvalue weighted by Gasteiger charge is 2.26. The monoisotopic (exact) mass is 751 g/mol. The third-order valence-electron chi connectivity index (χ3n) is 9.10. The summed E-state index contributed by atoms with van der Waals surface area (Å²) in [4.78, 5) is 1.28. The first-order chi connectivity index (χ1) is 26.8. The number of allylic oxidation sites excluding steroid dienone is 9. The van der Waals surface area contributed by atoms with Gasteiger partial charge in [0.1, 0.15) is 5.84 Å². The van der Waals surface area contributed by atoms with Crippen molar-refractivity contribution < 1.29 is 0 Å². The minimum absolute atomic E-state index is 0.107. The van der Waals surface area contributed by atoms with Gasteiger partial charge in [0.2, 0.25) is 0 Å². The highest BCUT2D eigenvalue weighted by Crippen LogP contribution is 2.44. The van der Waals surface area contributed by atoms with E-state index in [1.54, 1.807) is 11.8 Å². The fourth-order valence-corrected chi connectivity index (χ4v) is 7.00. The molecule has 0 heterocycles. The van der Waals surface area contributed by atoms with Crippen molar-refractivity contribution in [3.8, 4) is 11.1 Å². The summed E-state index contributed by atoms with van der Waals surface area (Å²) in [5, 5.41) is 11.0. The molecular weight excluding hydrogens is 687 g/mol. The highest BCUT2D eigenvalue weighted by atomic mass is 32.2. The van der Waals surface area contributed by atoms with Gasteiger partial charge in [-0.15, -0.1) is 11.8 Å². The van der Waals surface area contributed by atoms with Gasteiger partial charge in [0.05, 0.1) is 0 Å². The van der Waals surface area contributed by atoms with Crippen molar-refractivity contribution in [2.24, 2.45) is 5.73 Å². The molecule has 0 spiro atoms. The molecule has 290 valence electrons. The van der Waals surface area contributed by atoms with E-state index in [0.717, 1.165) is 36.2 Å². The van der Waals surface area contributed by atoms with Crippen LogP contribution in [0.3, 0.4) is 0 Å². The second-order valence-corrected chi connectivity index (χ2v) is 13.2. The minimum Gasteiger partial charge on any atom is -0.384 e. The van der Waals surface area contributed by atoms with Crippen LogP contribution in [0.25, 0.3) is 22.3 Å². The van der Waals surface area contributed by atoms with Gasteiger partial charge < -0.3 is 11.1 Å². The van der Waals surface area contributed by atoms with Crippen LogP contribution in [0.1, 0.15) is 101 Å². The molecule has 0 radical (unpaired) electrons. The Morgan fingerprint density at radius 2 is 1.53 bits per heavy atom. The van der Waals surface area contributed by atoms with Crippen molar-refractivity contribution in [3.05, 3.63) is 185 Å². The molecule has 4 aromatic rings. The Morgan fingerprint density at radius 1 is 0.836 bits per heavy atom. The molecule has 1 atom stereocenters. The summed E-state index contributed by atoms with van der Waals surface area (Å²) < 4.78 is 0. The zero-order chi connectivity index (χ0) is 40.8. The lowest BCUT2D eigenvalue weighted by Gasteiger charge is -2.11. The number of hydrogen-bond donors (Lipinski definition) is 3. The van der Waals surface area contributed by atoms with Crippen molar-refractivity contribution in [2.45, 2.75) is 86.1 Å². The fourth-order valence-electron chi connectivity index (χ4n) is 6.37. The van der Waals surface area contributed by atoms with E-state index in [1.807, 2.05) is 65.8 Å². The zero-order valence-electron chi connectivity index (χ0n) is 35.1. The van der Waals surface area contributed by atoms with E-state index in [4.69, 9.17) is 11.1 Å². The van der Waals surface area contributed by atoms with Gasteiger partial charge in [-0.2, -0.15) is 0 Å². The molecule has 6 rings (SSSR count). The number of nitrogens with one attached hydrogen (secondary N) is 2. The Labute approximate surface area is 338 Å². The summed E-state index contributed by atoms with van der Waals surface area (Å²) in [6, 6.07) is 31.5. The van der Waals surface area contributed by atoms with Gasteiger partial charge in [0, 0.05) is 29.5 Å². The minimum atomic E-state index is 0.107. The highest BCUT2D eigenvalue weighted by molar-refractivity contribution is 7.98. The van der Waals surface area contributed by atoms with Crippen LogP contribution in [0.15, 0.2) is 156 Å². The maximum atomic E-state index is 7.50. The maximum Gasteiger partial charge on any atom is 0.122 e. The number of hydrogen-bond acceptors (Lipinski definition) is 3. The third-order valence-corrected chi connectivity index (χ3v) is 9.98. The second kappa shape index (κ2) is 25.2. The first-order valence-electron chi connectivity index (χ1n) is 19.9. The number of rotatable bonds is 10. The van der Waals surface area contributed by atoms with Gasteiger partial charge >= 0.3 is 0 Å². The van der Waals surface area contributed by atoms with Gasteiger partial charge in [-0.25, -0.2) is 0 Å². The normalized spacial score (nSPS) is 13.7. The van der Waals surface area contributed by atoms with Crippen LogP contribution in [0.5, 0.6) is 0 Å². The molecule has 55 heavy (non-hydrogen) atoms. The second-order valence-electron chi connectivity index (χ2n) is 12.4. The standard InChI is InChI=1S/C30H31N.C15H16N2S.3C2H6/c1-4-25(16-15-22(2)20-31-21-24-11-7-5-8-12-24)26-17-18-28-23(3)27-13-9-6-10-14-29(27)30(28)19-26;1-10-13(7-4-8-14(10)18-2)11-5-3-6-12(9-11)15(16)17;3*1-2/h4-5,7-19,23,31H,2,6,20-21H2,1,3H3;3-9H,1-2H3,(H3,16,17);3*1-2H3/b16-15-,25-4+;;;;. The van der Waals surface area contributed by atoms with Crippen molar-refractivity contribution in [2.75, 3.05) is 12.8 Å². The molecule has 1 unspecified atom stereocenters. The van der Waals surface area contributed by atoms with E-state index >= 15 is 0 Å². The van der Waals surface area contributed by atoms with Gasteiger partial charge in [0.25, 0.3) is 0 Å². The molecule has 0 saturated heterocycles. The molecule has 0 fully saturated rings. The Morgan fingerprint density at radius 3 is 2.20 bits per heavy atom. The van der Waals surface area contributed by atoms with Crippen LogP contribution >= 0.6 is 11.8 Å². The summed E-state index contributed by atoms with van der Waals surface area (Å²) in [5.74, 6) is 0.564. The number of thioether (sulfide) groups is 1. The lowest BCUT2D eigenvalue weighted by atomic mass is 9.94. The number of nitrogen functional groups attached to an aromatic ring is 1. The summed E-state index contributed by atoms with van der Waals surface area (Å²) >= 11 is 1.75. The lowest BCUT2D eigenvalue weighted by molar-refractivity contribution is 0.748. The van der Waals surface area contributed by atoms with Gasteiger partial charge in [-0.1, -0.05) is 170 Å². The Bertz CT molecular complexity index is 1970. The average molecular weight is 752 g/mol. The van der Waals surface area contributed by atoms with E-state index in [-0.39, 0.29) is 5.84 Å². The summed E-state index contributed by atoms with van der Waals surface area (Å²) in [5.41, 5.74) is 20.3. The molecule has 0 aromatic heterocycles. The average Bonchev–Trinajstić information content (AvgIpc) is 3.35. The van der Waals surface area contributed by atoms with E-state index in [2.05, 4.69) is 148 Å². The van der Waals surface area contributed by atoms with Crippen LogP contribution in [0.4, 0.5) is 0 Å². The third kappa shape index (κ3) is 13.1. The Kier molecular flexibility index (Phi) is 21.2.